The number of nitriles is 1. The normalized spacial score (nSPS) is 10.7. The van der Waals surface area contributed by atoms with Crippen LogP contribution in [0.5, 0.6) is 0 Å². The largest absolute Gasteiger partial charge is 0.444 e. The Morgan fingerprint density at radius 1 is 1.17 bits per heavy atom. The third kappa shape index (κ3) is 5.41. The van der Waals surface area contributed by atoms with Gasteiger partial charge in [-0.2, -0.15) is 5.26 Å². The van der Waals surface area contributed by atoms with Crippen molar-refractivity contribution < 1.29 is 17.9 Å². The molecule has 2 aromatic carbocycles. The first-order chi connectivity index (χ1) is 11.4. The van der Waals surface area contributed by atoms with Gasteiger partial charge in [-0.05, 0) is 23.3 Å². The van der Waals surface area contributed by atoms with E-state index >= 15 is 0 Å². The van der Waals surface area contributed by atoms with Gasteiger partial charge in [-0.15, -0.1) is 0 Å². The van der Waals surface area contributed by atoms with Gasteiger partial charge in [0.25, 0.3) is 0 Å². The number of nitrogens with one attached hydrogen (secondary N) is 1. The molecule has 0 unspecified atom stereocenters. The molecule has 2 aromatic rings. The van der Waals surface area contributed by atoms with E-state index in [0.29, 0.717) is 5.56 Å². The third-order valence-electron chi connectivity index (χ3n) is 3.08. The molecule has 124 valence electrons. The van der Waals surface area contributed by atoms with Crippen LogP contribution in [0.2, 0.25) is 0 Å². The van der Waals surface area contributed by atoms with Gasteiger partial charge in [0, 0.05) is 6.26 Å². The highest BCUT2D eigenvalue weighted by atomic mass is 32.2. The second kappa shape index (κ2) is 7.62. The predicted octanol–water partition coefficient (Wildman–Crippen LogP) is 2.85. The van der Waals surface area contributed by atoms with Crippen LogP contribution in [0.25, 0.3) is 0 Å². The number of hydrogen-bond donors (Lipinski definition) is 1. The van der Waals surface area contributed by atoms with Crippen LogP contribution in [0.15, 0.2) is 48.5 Å². The minimum atomic E-state index is -3.20. The van der Waals surface area contributed by atoms with E-state index < -0.39 is 15.9 Å². The van der Waals surface area contributed by atoms with Crippen LogP contribution in [-0.4, -0.2) is 20.8 Å². The third-order valence-corrected chi connectivity index (χ3v) is 3.94. The molecule has 0 spiro atoms. The Morgan fingerprint density at radius 2 is 1.88 bits per heavy atom. The molecule has 0 aromatic heterocycles. The van der Waals surface area contributed by atoms with Crippen LogP contribution in [0.1, 0.15) is 16.7 Å². The monoisotopic (exact) mass is 344 g/mol. The molecule has 6 nitrogen and oxygen atoms in total. The highest BCUT2D eigenvalue weighted by Crippen LogP contribution is 2.18. The van der Waals surface area contributed by atoms with Crippen molar-refractivity contribution in [2.75, 3.05) is 11.6 Å². The summed E-state index contributed by atoms with van der Waals surface area (Å²) in [5.41, 5.74) is 1.77. The van der Waals surface area contributed by atoms with Crippen LogP contribution < -0.4 is 5.32 Å². The van der Waals surface area contributed by atoms with Crippen molar-refractivity contribution in [2.24, 2.45) is 0 Å². The van der Waals surface area contributed by atoms with Crippen molar-refractivity contribution in [3.8, 4) is 6.07 Å². The zero-order valence-corrected chi connectivity index (χ0v) is 13.8. The smallest absolute Gasteiger partial charge is 0.411 e. The molecule has 7 heteroatoms. The molecule has 0 saturated heterocycles. The summed E-state index contributed by atoms with van der Waals surface area (Å²) in [6, 6.07) is 15.6. The summed E-state index contributed by atoms with van der Waals surface area (Å²) in [7, 11) is -3.20. The summed E-state index contributed by atoms with van der Waals surface area (Å²) in [5.74, 6) is -0.166. The number of nitrogens with zero attached hydrogens (tertiary/aromatic N) is 1. The van der Waals surface area contributed by atoms with Crippen LogP contribution in [-0.2, 0) is 26.9 Å². The van der Waals surface area contributed by atoms with E-state index in [1.54, 1.807) is 6.07 Å². The summed E-state index contributed by atoms with van der Waals surface area (Å²) < 4.78 is 27.7. The first-order valence-electron chi connectivity index (χ1n) is 7.06. The van der Waals surface area contributed by atoms with Crippen molar-refractivity contribution in [3.05, 3.63) is 65.2 Å². The van der Waals surface area contributed by atoms with Gasteiger partial charge in [0.1, 0.15) is 12.7 Å². The average molecular weight is 344 g/mol. The van der Waals surface area contributed by atoms with Crippen LogP contribution >= 0.6 is 0 Å². The first kappa shape index (κ1) is 17.5. The molecule has 0 radical (unpaired) electrons. The zero-order valence-electron chi connectivity index (χ0n) is 13.0. The minimum absolute atomic E-state index is 0.112. The second-order valence-electron chi connectivity index (χ2n) is 5.25. The van der Waals surface area contributed by atoms with Gasteiger partial charge in [0.15, 0.2) is 9.84 Å². The molecule has 0 aliphatic heterocycles. The van der Waals surface area contributed by atoms with E-state index in [1.807, 2.05) is 36.4 Å². The number of carbonyl (C=O) groups is 1. The summed E-state index contributed by atoms with van der Waals surface area (Å²) in [6.07, 6.45) is 0.429. The number of rotatable bonds is 5. The fourth-order valence-corrected chi connectivity index (χ4v) is 2.84. The lowest BCUT2D eigenvalue weighted by Gasteiger charge is -2.09. The van der Waals surface area contributed by atoms with Gasteiger partial charge in [0.05, 0.1) is 17.0 Å². The molecule has 0 aliphatic carbocycles. The molecule has 0 atom stereocenters. The average Bonchev–Trinajstić information content (AvgIpc) is 2.54. The number of anilines is 1. The van der Waals surface area contributed by atoms with E-state index in [9.17, 15) is 18.5 Å². The molecule has 0 aliphatic rings. The Labute approximate surface area is 140 Å². The summed E-state index contributed by atoms with van der Waals surface area (Å²) in [6.45, 7) is 0.112. The molecule has 2 rings (SSSR count). The Morgan fingerprint density at radius 3 is 2.50 bits per heavy atom. The molecule has 24 heavy (non-hydrogen) atoms. The molecule has 0 heterocycles. The maximum Gasteiger partial charge on any atom is 0.411 e. The lowest BCUT2D eigenvalue weighted by molar-refractivity contribution is 0.155. The number of benzene rings is 2. The molecular formula is C17H16N2O4S. The fraction of sp³-hybridized carbons (Fsp3) is 0.176. The lowest BCUT2D eigenvalue weighted by atomic mass is 10.1. The van der Waals surface area contributed by atoms with Crippen molar-refractivity contribution >= 4 is 21.6 Å². The molecule has 0 bridgehead atoms. The number of sulfone groups is 1. The highest BCUT2D eigenvalue weighted by molar-refractivity contribution is 7.89. The molecule has 1 amide bonds. The maximum absolute atomic E-state index is 11.8. The maximum atomic E-state index is 11.8. The highest BCUT2D eigenvalue weighted by Gasteiger charge is 2.11. The van der Waals surface area contributed by atoms with Gasteiger partial charge in [-0.3, -0.25) is 5.32 Å². The number of hydrogen-bond acceptors (Lipinski definition) is 5. The van der Waals surface area contributed by atoms with E-state index in [-0.39, 0.29) is 23.6 Å². The van der Waals surface area contributed by atoms with E-state index in [0.717, 1.165) is 11.8 Å². The van der Waals surface area contributed by atoms with Crippen LogP contribution in [0.3, 0.4) is 0 Å². The lowest BCUT2D eigenvalue weighted by Crippen LogP contribution is -2.14. The zero-order chi connectivity index (χ0) is 17.6. The number of amides is 1. The Hall–Kier alpha value is -2.85. The van der Waals surface area contributed by atoms with E-state index in [2.05, 4.69) is 5.32 Å². The molecule has 0 saturated carbocycles. The van der Waals surface area contributed by atoms with Gasteiger partial charge in [-0.1, -0.05) is 36.4 Å². The quantitative estimate of drug-likeness (QED) is 0.899. The van der Waals surface area contributed by atoms with Gasteiger partial charge in [-0.25, -0.2) is 13.2 Å². The van der Waals surface area contributed by atoms with Gasteiger partial charge in [0.2, 0.25) is 0 Å². The number of ether oxygens (including phenoxy) is 1. The Bertz CT molecular complexity index is 871. The van der Waals surface area contributed by atoms with Crippen LogP contribution in [0.4, 0.5) is 10.5 Å². The molecular weight excluding hydrogens is 328 g/mol. The number of carbonyl (C=O) groups excluding carboxylic acids is 1. The molecule has 1 N–H and O–H groups in total. The van der Waals surface area contributed by atoms with Crippen molar-refractivity contribution in [1.82, 2.24) is 0 Å². The predicted molar refractivity (Wildman–Crippen MR) is 90.0 cm³/mol. The summed E-state index contributed by atoms with van der Waals surface area (Å²) in [4.78, 5) is 11.8. The molecule has 0 fully saturated rings. The Kier molecular flexibility index (Phi) is 5.55. The summed E-state index contributed by atoms with van der Waals surface area (Å²) >= 11 is 0. The fourth-order valence-electron chi connectivity index (χ4n) is 2.05. The minimum Gasteiger partial charge on any atom is -0.444 e. The van der Waals surface area contributed by atoms with Gasteiger partial charge < -0.3 is 4.74 Å². The van der Waals surface area contributed by atoms with Crippen molar-refractivity contribution in [2.45, 2.75) is 12.4 Å². The topological polar surface area (TPSA) is 96.3 Å². The standard InChI is InChI=1S/C17H16N2O4S/c1-24(21,22)12-14-7-8-16(15(9-14)10-18)19-17(20)23-11-13-5-3-2-4-6-13/h2-9H,11-12H2,1H3,(H,19,20). The van der Waals surface area contributed by atoms with E-state index in [1.165, 1.54) is 12.1 Å². The van der Waals surface area contributed by atoms with Crippen molar-refractivity contribution in [3.63, 3.8) is 0 Å². The van der Waals surface area contributed by atoms with Gasteiger partial charge >= 0.3 is 6.09 Å². The second-order valence-corrected chi connectivity index (χ2v) is 7.39. The van der Waals surface area contributed by atoms with E-state index in [4.69, 9.17) is 4.74 Å². The van der Waals surface area contributed by atoms with Crippen LogP contribution in [0, 0.1) is 11.3 Å². The SMILES string of the molecule is CS(=O)(=O)Cc1ccc(NC(=O)OCc2ccccc2)c(C#N)c1. The summed E-state index contributed by atoms with van der Waals surface area (Å²) in [5, 5.41) is 11.7. The Balaban J connectivity index is 2.03. The van der Waals surface area contributed by atoms with Crippen molar-refractivity contribution in [1.29, 1.82) is 5.26 Å². The first-order valence-corrected chi connectivity index (χ1v) is 9.12.